The Bertz CT molecular complexity index is 395. The summed E-state index contributed by atoms with van der Waals surface area (Å²) >= 11 is 0. The summed E-state index contributed by atoms with van der Waals surface area (Å²) < 4.78 is 10.7. The van der Waals surface area contributed by atoms with Crippen LogP contribution in [0, 0.1) is 0 Å². The van der Waals surface area contributed by atoms with Crippen LogP contribution in [0.25, 0.3) is 0 Å². The molecule has 0 saturated heterocycles. The molecule has 1 atom stereocenters. The molecule has 0 heterocycles. The number of hydrogen-bond acceptors (Lipinski definition) is 3. The molecular formula is C14H21NO2. The molecule has 3 nitrogen and oxygen atoms in total. The number of benzene rings is 1. The highest BCUT2D eigenvalue weighted by Crippen LogP contribution is 2.35. The lowest BCUT2D eigenvalue weighted by Gasteiger charge is -2.18. The molecule has 0 amide bonds. The minimum absolute atomic E-state index is 0.130. The maximum atomic E-state index is 5.44. The van der Waals surface area contributed by atoms with Gasteiger partial charge in [-0.15, -0.1) is 0 Å². The summed E-state index contributed by atoms with van der Waals surface area (Å²) in [5, 5.41) is 3.26. The predicted octanol–water partition coefficient (Wildman–Crippen LogP) is 2.93. The molecule has 0 aliphatic rings. The SMILES string of the molecule is CNC(C=C(C)C)c1cccc(OC)c1OC. The van der Waals surface area contributed by atoms with Gasteiger partial charge in [-0.25, -0.2) is 0 Å². The summed E-state index contributed by atoms with van der Waals surface area (Å²) in [5.41, 5.74) is 2.34. The Morgan fingerprint density at radius 2 is 1.94 bits per heavy atom. The second-order valence-electron chi connectivity index (χ2n) is 4.09. The number of methoxy groups -OCH3 is 2. The number of ether oxygens (including phenoxy) is 2. The Hall–Kier alpha value is -1.48. The van der Waals surface area contributed by atoms with Crippen LogP contribution in [0.4, 0.5) is 0 Å². The van der Waals surface area contributed by atoms with Crippen LogP contribution in [-0.4, -0.2) is 21.3 Å². The molecular weight excluding hydrogens is 214 g/mol. The standard InChI is InChI=1S/C14H21NO2/c1-10(2)9-12(15-3)11-7-6-8-13(16-4)14(11)17-5/h6-9,12,15H,1-5H3. The highest BCUT2D eigenvalue weighted by Gasteiger charge is 2.15. The van der Waals surface area contributed by atoms with Crippen LogP contribution in [0.5, 0.6) is 11.5 Å². The zero-order valence-electron chi connectivity index (χ0n) is 11.2. The zero-order valence-corrected chi connectivity index (χ0v) is 11.2. The van der Waals surface area contributed by atoms with Gasteiger partial charge in [0.1, 0.15) is 0 Å². The van der Waals surface area contributed by atoms with Gasteiger partial charge in [0.25, 0.3) is 0 Å². The molecule has 0 aliphatic heterocycles. The van der Waals surface area contributed by atoms with Gasteiger partial charge in [-0.1, -0.05) is 23.8 Å². The van der Waals surface area contributed by atoms with Crippen LogP contribution >= 0.6 is 0 Å². The molecule has 0 aromatic heterocycles. The molecule has 0 fully saturated rings. The van der Waals surface area contributed by atoms with Gasteiger partial charge >= 0.3 is 0 Å². The van der Waals surface area contributed by atoms with Crippen LogP contribution in [0.3, 0.4) is 0 Å². The fourth-order valence-electron chi connectivity index (χ4n) is 1.82. The monoisotopic (exact) mass is 235 g/mol. The minimum atomic E-state index is 0.130. The van der Waals surface area contributed by atoms with Crippen molar-refractivity contribution >= 4 is 0 Å². The van der Waals surface area contributed by atoms with Crippen LogP contribution < -0.4 is 14.8 Å². The van der Waals surface area contributed by atoms with E-state index in [9.17, 15) is 0 Å². The Labute approximate surface area is 103 Å². The fourth-order valence-corrected chi connectivity index (χ4v) is 1.82. The molecule has 94 valence electrons. The largest absolute Gasteiger partial charge is 0.493 e. The Morgan fingerprint density at radius 3 is 2.41 bits per heavy atom. The van der Waals surface area contributed by atoms with Gasteiger partial charge < -0.3 is 14.8 Å². The second kappa shape index (κ2) is 6.30. The molecule has 1 unspecified atom stereocenters. The lowest BCUT2D eigenvalue weighted by atomic mass is 10.0. The molecule has 1 aromatic rings. The van der Waals surface area contributed by atoms with Crippen molar-refractivity contribution in [3.63, 3.8) is 0 Å². The van der Waals surface area contributed by atoms with E-state index in [1.807, 2.05) is 25.2 Å². The summed E-state index contributed by atoms with van der Waals surface area (Å²) in [6.07, 6.45) is 2.16. The van der Waals surface area contributed by atoms with E-state index in [0.717, 1.165) is 17.1 Å². The van der Waals surface area contributed by atoms with Gasteiger partial charge in [-0.2, -0.15) is 0 Å². The van der Waals surface area contributed by atoms with Crippen LogP contribution in [0.2, 0.25) is 0 Å². The molecule has 1 rings (SSSR count). The molecule has 0 saturated carbocycles. The van der Waals surface area contributed by atoms with Crippen molar-refractivity contribution in [3.8, 4) is 11.5 Å². The van der Waals surface area contributed by atoms with E-state index in [0.29, 0.717) is 0 Å². The van der Waals surface area contributed by atoms with Gasteiger partial charge in [0, 0.05) is 5.56 Å². The first-order valence-electron chi connectivity index (χ1n) is 5.67. The molecule has 3 heteroatoms. The first-order valence-corrected chi connectivity index (χ1v) is 5.67. The van der Waals surface area contributed by atoms with Crippen LogP contribution in [-0.2, 0) is 0 Å². The average molecular weight is 235 g/mol. The van der Waals surface area contributed by atoms with Crippen LogP contribution in [0.1, 0.15) is 25.5 Å². The quantitative estimate of drug-likeness (QED) is 0.796. The van der Waals surface area contributed by atoms with Crippen molar-refractivity contribution in [1.82, 2.24) is 5.32 Å². The first-order chi connectivity index (χ1) is 8.13. The van der Waals surface area contributed by atoms with E-state index in [1.165, 1.54) is 5.57 Å². The van der Waals surface area contributed by atoms with E-state index in [-0.39, 0.29) is 6.04 Å². The van der Waals surface area contributed by atoms with Gasteiger partial charge in [0.15, 0.2) is 11.5 Å². The molecule has 0 bridgehead atoms. The van der Waals surface area contributed by atoms with Gasteiger partial charge in [-0.3, -0.25) is 0 Å². The van der Waals surface area contributed by atoms with Crippen molar-refractivity contribution in [2.45, 2.75) is 19.9 Å². The topological polar surface area (TPSA) is 30.5 Å². The van der Waals surface area contributed by atoms with Gasteiger partial charge in [-0.05, 0) is 27.0 Å². The van der Waals surface area contributed by atoms with Gasteiger partial charge in [0.2, 0.25) is 0 Å². The molecule has 0 radical (unpaired) electrons. The number of allylic oxidation sites excluding steroid dienone is 1. The maximum absolute atomic E-state index is 5.44. The third-order valence-electron chi connectivity index (χ3n) is 2.58. The minimum Gasteiger partial charge on any atom is -0.493 e. The fraction of sp³-hybridized carbons (Fsp3) is 0.429. The summed E-state index contributed by atoms with van der Waals surface area (Å²) in [7, 11) is 5.25. The van der Waals surface area contributed by atoms with E-state index in [4.69, 9.17) is 9.47 Å². The van der Waals surface area contributed by atoms with Crippen molar-refractivity contribution in [3.05, 3.63) is 35.4 Å². The molecule has 1 aromatic carbocycles. The normalized spacial score (nSPS) is 11.8. The van der Waals surface area contributed by atoms with Crippen molar-refractivity contribution in [2.75, 3.05) is 21.3 Å². The Balaban J connectivity index is 3.23. The highest BCUT2D eigenvalue weighted by molar-refractivity contribution is 5.49. The number of para-hydroxylation sites is 1. The molecule has 0 spiro atoms. The summed E-state index contributed by atoms with van der Waals surface area (Å²) in [6.45, 7) is 4.16. The van der Waals surface area contributed by atoms with E-state index < -0.39 is 0 Å². The second-order valence-corrected chi connectivity index (χ2v) is 4.09. The summed E-state index contributed by atoms with van der Waals surface area (Å²) in [6, 6.07) is 6.05. The Kier molecular flexibility index (Phi) is 5.04. The van der Waals surface area contributed by atoms with E-state index in [1.54, 1.807) is 14.2 Å². The van der Waals surface area contributed by atoms with E-state index in [2.05, 4.69) is 25.2 Å². The molecule has 17 heavy (non-hydrogen) atoms. The van der Waals surface area contributed by atoms with Gasteiger partial charge in [0.05, 0.1) is 20.3 Å². The zero-order chi connectivity index (χ0) is 12.8. The lowest BCUT2D eigenvalue weighted by molar-refractivity contribution is 0.349. The number of likely N-dealkylation sites (N-methyl/N-ethyl adjacent to an activating group) is 1. The summed E-state index contributed by atoms with van der Waals surface area (Å²) in [5.74, 6) is 1.54. The third kappa shape index (κ3) is 3.24. The Morgan fingerprint density at radius 1 is 1.24 bits per heavy atom. The van der Waals surface area contributed by atoms with Crippen molar-refractivity contribution in [1.29, 1.82) is 0 Å². The predicted molar refractivity (Wildman–Crippen MR) is 70.8 cm³/mol. The third-order valence-corrected chi connectivity index (χ3v) is 2.58. The average Bonchev–Trinajstić information content (AvgIpc) is 2.34. The summed E-state index contributed by atoms with van der Waals surface area (Å²) in [4.78, 5) is 0. The lowest BCUT2D eigenvalue weighted by Crippen LogP contribution is -2.15. The van der Waals surface area contributed by atoms with Crippen molar-refractivity contribution in [2.24, 2.45) is 0 Å². The van der Waals surface area contributed by atoms with Crippen LogP contribution in [0.15, 0.2) is 29.8 Å². The smallest absolute Gasteiger partial charge is 0.165 e. The molecule has 0 aliphatic carbocycles. The van der Waals surface area contributed by atoms with Crippen molar-refractivity contribution < 1.29 is 9.47 Å². The number of hydrogen-bond donors (Lipinski definition) is 1. The number of nitrogens with one attached hydrogen (secondary N) is 1. The number of rotatable bonds is 5. The molecule has 1 N–H and O–H groups in total. The highest BCUT2D eigenvalue weighted by atomic mass is 16.5. The first kappa shape index (κ1) is 13.6. The maximum Gasteiger partial charge on any atom is 0.165 e. The van der Waals surface area contributed by atoms with E-state index >= 15 is 0 Å².